The topological polar surface area (TPSA) is 78.1 Å². The molecule has 1 aromatic carbocycles. The van der Waals surface area contributed by atoms with Gasteiger partial charge in [-0.25, -0.2) is 4.98 Å². The highest BCUT2D eigenvalue weighted by atomic mass is 32.2. The van der Waals surface area contributed by atoms with E-state index in [9.17, 15) is 9.59 Å². The Morgan fingerprint density at radius 3 is 2.94 bits per heavy atom. The van der Waals surface area contributed by atoms with Crippen molar-refractivity contribution in [1.82, 2.24) is 14.9 Å². The smallest absolute Gasteiger partial charge is 0.259 e. The van der Waals surface area contributed by atoms with Crippen molar-refractivity contribution in [1.29, 1.82) is 0 Å². The second kappa shape index (κ2) is 9.77. The summed E-state index contributed by atoms with van der Waals surface area (Å²) >= 11 is 3.11. The summed E-state index contributed by atoms with van der Waals surface area (Å²) in [5.41, 5.74) is 3.22. The molecule has 32 heavy (non-hydrogen) atoms. The number of aryl methyl sites for hydroxylation is 2. The number of likely N-dealkylation sites (tertiary alicyclic amines) is 1. The van der Waals surface area contributed by atoms with Crippen molar-refractivity contribution in [3.63, 3.8) is 0 Å². The molecular formula is C24H28N4O2S2. The molecule has 0 saturated carbocycles. The van der Waals surface area contributed by atoms with Gasteiger partial charge in [0.05, 0.1) is 16.9 Å². The highest BCUT2D eigenvalue weighted by Gasteiger charge is 2.21. The van der Waals surface area contributed by atoms with Gasteiger partial charge in [-0.3, -0.25) is 14.5 Å². The van der Waals surface area contributed by atoms with Crippen LogP contribution in [0.2, 0.25) is 0 Å². The van der Waals surface area contributed by atoms with Gasteiger partial charge in [0.25, 0.3) is 5.56 Å². The summed E-state index contributed by atoms with van der Waals surface area (Å²) < 4.78 is 0. The molecule has 1 amide bonds. The number of nitrogens with zero attached hydrogens (tertiary/aromatic N) is 2. The molecule has 6 nitrogen and oxygen atoms in total. The number of aromatic nitrogens is 2. The van der Waals surface area contributed by atoms with Crippen LogP contribution in [0, 0.1) is 0 Å². The Morgan fingerprint density at radius 2 is 2.06 bits per heavy atom. The van der Waals surface area contributed by atoms with Gasteiger partial charge in [-0.05, 0) is 68.5 Å². The van der Waals surface area contributed by atoms with E-state index in [1.807, 2.05) is 12.1 Å². The van der Waals surface area contributed by atoms with Gasteiger partial charge in [0.1, 0.15) is 10.7 Å². The molecular weight excluding hydrogens is 440 g/mol. The van der Waals surface area contributed by atoms with Gasteiger partial charge in [0, 0.05) is 17.1 Å². The Balaban J connectivity index is 1.14. The number of thiophene rings is 1. The Labute approximate surface area is 195 Å². The molecule has 3 heterocycles. The van der Waals surface area contributed by atoms with E-state index in [2.05, 4.69) is 32.3 Å². The van der Waals surface area contributed by atoms with Crippen molar-refractivity contribution in [2.75, 3.05) is 24.2 Å². The van der Waals surface area contributed by atoms with Gasteiger partial charge in [0.2, 0.25) is 5.91 Å². The van der Waals surface area contributed by atoms with Gasteiger partial charge >= 0.3 is 0 Å². The fourth-order valence-corrected chi connectivity index (χ4v) is 6.65. The predicted molar refractivity (Wildman–Crippen MR) is 133 cm³/mol. The van der Waals surface area contributed by atoms with E-state index in [1.54, 1.807) is 11.3 Å². The molecule has 168 valence electrons. The monoisotopic (exact) mass is 468 g/mol. The van der Waals surface area contributed by atoms with Crippen molar-refractivity contribution >= 4 is 44.9 Å². The van der Waals surface area contributed by atoms with E-state index in [-0.39, 0.29) is 11.5 Å². The molecule has 8 heteroatoms. The minimum atomic E-state index is -0.0417. The second-order valence-corrected chi connectivity index (χ2v) is 10.7. The standard InChI is InChI=1S/C24H28N4O2S2/c29-21(25-17-7-4-6-16(12-17)13-28-10-2-1-3-11-28)15-31-14-20-26-23(30)22-18-8-5-9-19(18)32-24(22)27-20/h4,6-7,12H,1-3,5,8-11,13-15H2,(H,25,29)(H,26,27,30). The molecule has 3 aromatic rings. The average molecular weight is 469 g/mol. The lowest BCUT2D eigenvalue weighted by Gasteiger charge is -2.26. The Kier molecular flexibility index (Phi) is 6.62. The summed E-state index contributed by atoms with van der Waals surface area (Å²) in [7, 11) is 0. The number of hydrogen-bond donors (Lipinski definition) is 2. The molecule has 0 bridgehead atoms. The maximum atomic E-state index is 12.6. The zero-order chi connectivity index (χ0) is 21.9. The lowest BCUT2D eigenvalue weighted by Crippen LogP contribution is -2.29. The number of piperidine rings is 1. The zero-order valence-corrected chi connectivity index (χ0v) is 19.7. The van der Waals surface area contributed by atoms with Crippen molar-refractivity contribution in [3.8, 4) is 0 Å². The molecule has 1 fully saturated rings. The quantitative estimate of drug-likeness (QED) is 0.540. The number of nitrogens with one attached hydrogen (secondary N) is 2. The molecule has 0 unspecified atom stereocenters. The first-order chi connectivity index (χ1) is 15.7. The van der Waals surface area contributed by atoms with Crippen molar-refractivity contribution in [2.24, 2.45) is 0 Å². The number of H-pyrrole nitrogens is 1. The number of carbonyl (C=O) groups is 1. The number of carbonyl (C=O) groups excluding carboxylic acids is 1. The van der Waals surface area contributed by atoms with Gasteiger partial charge in [-0.2, -0.15) is 0 Å². The number of aromatic amines is 1. The SMILES string of the molecule is O=C(CSCc1nc2sc3c(c2c(=O)[nH]1)CCC3)Nc1cccc(CN2CCCCC2)c1. The second-order valence-electron chi connectivity index (χ2n) is 8.63. The third kappa shape index (κ3) is 4.92. The molecule has 2 N–H and O–H groups in total. The van der Waals surface area contributed by atoms with Crippen LogP contribution in [0.25, 0.3) is 10.2 Å². The first kappa shape index (κ1) is 21.7. The molecule has 2 aliphatic rings. The molecule has 5 rings (SSSR count). The third-order valence-electron chi connectivity index (χ3n) is 6.16. The summed E-state index contributed by atoms with van der Waals surface area (Å²) in [6.07, 6.45) is 7.04. The van der Waals surface area contributed by atoms with Crippen LogP contribution in [0.15, 0.2) is 29.1 Å². The predicted octanol–water partition coefficient (Wildman–Crippen LogP) is 4.33. The van der Waals surface area contributed by atoms with Gasteiger partial charge in [0.15, 0.2) is 0 Å². The van der Waals surface area contributed by atoms with Crippen LogP contribution in [-0.4, -0.2) is 39.6 Å². The fraction of sp³-hybridized carbons (Fsp3) is 0.458. The number of thioether (sulfide) groups is 1. The van der Waals surface area contributed by atoms with E-state index in [0.717, 1.165) is 54.8 Å². The highest BCUT2D eigenvalue weighted by molar-refractivity contribution is 7.99. The molecule has 1 aliphatic carbocycles. The normalized spacial score (nSPS) is 16.4. The van der Waals surface area contributed by atoms with E-state index in [1.165, 1.54) is 47.0 Å². The van der Waals surface area contributed by atoms with Crippen molar-refractivity contribution in [2.45, 2.75) is 50.8 Å². The summed E-state index contributed by atoms with van der Waals surface area (Å²) in [6.45, 7) is 3.25. The Morgan fingerprint density at radius 1 is 1.19 bits per heavy atom. The van der Waals surface area contributed by atoms with Crippen molar-refractivity contribution < 1.29 is 4.79 Å². The van der Waals surface area contributed by atoms with Crippen LogP contribution in [0.5, 0.6) is 0 Å². The molecule has 1 saturated heterocycles. The maximum Gasteiger partial charge on any atom is 0.259 e. The lowest BCUT2D eigenvalue weighted by molar-refractivity contribution is -0.113. The molecule has 0 radical (unpaired) electrons. The fourth-order valence-electron chi connectivity index (χ4n) is 4.68. The van der Waals surface area contributed by atoms with Crippen LogP contribution in [0.3, 0.4) is 0 Å². The van der Waals surface area contributed by atoms with Gasteiger partial charge in [-0.1, -0.05) is 18.6 Å². The number of hydrogen-bond acceptors (Lipinski definition) is 6. The van der Waals surface area contributed by atoms with Crippen LogP contribution in [-0.2, 0) is 29.9 Å². The highest BCUT2D eigenvalue weighted by Crippen LogP contribution is 2.34. The van der Waals surface area contributed by atoms with E-state index in [4.69, 9.17) is 0 Å². The maximum absolute atomic E-state index is 12.6. The first-order valence-electron chi connectivity index (χ1n) is 11.4. The minimum absolute atomic E-state index is 0.0383. The van der Waals surface area contributed by atoms with Gasteiger partial charge in [-0.15, -0.1) is 23.1 Å². The van der Waals surface area contributed by atoms with Crippen LogP contribution < -0.4 is 10.9 Å². The number of anilines is 1. The summed E-state index contributed by atoms with van der Waals surface area (Å²) in [5, 5.41) is 3.78. The third-order valence-corrected chi connectivity index (χ3v) is 8.29. The number of rotatable bonds is 7. The first-order valence-corrected chi connectivity index (χ1v) is 13.4. The lowest BCUT2D eigenvalue weighted by atomic mass is 10.1. The molecule has 2 aromatic heterocycles. The number of fused-ring (bicyclic) bond motifs is 3. The molecule has 1 aliphatic heterocycles. The Hall–Kier alpha value is -2.16. The average Bonchev–Trinajstić information content (AvgIpc) is 3.36. The molecule has 0 atom stereocenters. The van der Waals surface area contributed by atoms with Crippen LogP contribution >= 0.6 is 23.1 Å². The minimum Gasteiger partial charge on any atom is -0.325 e. The van der Waals surface area contributed by atoms with Crippen LogP contribution in [0.1, 0.15) is 47.5 Å². The Bertz CT molecular complexity index is 1180. The van der Waals surface area contributed by atoms with E-state index < -0.39 is 0 Å². The summed E-state index contributed by atoms with van der Waals surface area (Å²) in [5.74, 6) is 1.43. The van der Waals surface area contributed by atoms with Crippen LogP contribution in [0.4, 0.5) is 5.69 Å². The van der Waals surface area contributed by atoms with Gasteiger partial charge < -0.3 is 10.3 Å². The summed E-state index contributed by atoms with van der Waals surface area (Å²) in [4.78, 5) is 37.2. The summed E-state index contributed by atoms with van der Waals surface area (Å²) in [6, 6.07) is 8.13. The molecule has 0 spiro atoms. The number of amides is 1. The van der Waals surface area contributed by atoms with E-state index in [0.29, 0.717) is 17.3 Å². The van der Waals surface area contributed by atoms with E-state index >= 15 is 0 Å². The number of benzene rings is 1. The largest absolute Gasteiger partial charge is 0.325 e. The zero-order valence-electron chi connectivity index (χ0n) is 18.1. The van der Waals surface area contributed by atoms with Crippen molar-refractivity contribution in [3.05, 3.63) is 56.4 Å².